The Morgan fingerprint density at radius 1 is 0.961 bits per heavy atom. The van der Waals surface area contributed by atoms with Crippen molar-refractivity contribution in [1.82, 2.24) is 29.1 Å². The van der Waals surface area contributed by atoms with E-state index in [-0.39, 0.29) is 16.6 Å². The zero-order chi connectivity index (χ0) is 37.1. The third kappa shape index (κ3) is 9.36. The third-order valence-corrected chi connectivity index (χ3v) is 9.42. The standard InChI is InChI=1S/C28H28F3N5O3.C6H10N2O3S/c1-34-24-15-23(39-26-9-5-21(32)16-33-26)8-4-20(24)14-25(34)27(37)36-12-10-35(11-13-36)17-19-2-6-22(7-3-19)38-18-28(29,30)31;1-4-6(12(9,10)11)5(2)8(3)7-4/h2-9,14-16H,10-13,17-18,32H2,1H3;1-3H3,(H,9,10,11). The molecule has 1 fully saturated rings. The van der Waals surface area contributed by atoms with Crippen LogP contribution in [0.25, 0.3) is 10.9 Å². The summed E-state index contributed by atoms with van der Waals surface area (Å²) in [5.41, 5.74) is 9.42. The lowest BCUT2D eigenvalue weighted by Crippen LogP contribution is -2.48. The third-order valence-electron chi connectivity index (χ3n) is 8.31. The summed E-state index contributed by atoms with van der Waals surface area (Å²) >= 11 is 0. The number of halogens is 3. The summed E-state index contributed by atoms with van der Waals surface area (Å²) < 4.78 is 81.3. The molecule has 0 atom stereocenters. The monoisotopic (exact) mass is 729 g/mol. The van der Waals surface area contributed by atoms with Crippen molar-refractivity contribution in [3.8, 4) is 17.4 Å². The van der Waals surface area contributed by atoms with Crippen molar-refractivity contribution in [2.75, 3.05) is 38.5 Å². The van der Waals surface area contributed by atoms with E-state index in [2.05, 4.69) is 15.0 Å². The van der Waals surface area contributed by atoms with E-state index in [0.29, 0.717) is 67.1 Å². The lowest BCUT2D eigenvalue weighted by molar-refractivity contribution is -0.153. The van der Waals surface area contributed by atoms with E-state index in [0.717, 1.165) is 16.5 Å². The topological polar surface area (TPSA) is 158 Å². The van der Waals surface area contributed by atoms with Gasteiger partial charge in [-0.2, -0.15) is 26.7 Å². The number of benzene rings is 2. The molecule has 5 aromatic rings. The second-order valence-electron chi connectivity index (χ2n) is 12.1. The first-order valence-corrected chi connectivity index (χ1v) is 17.2. The molecule has 1 amide bonds. The maximum Gasteiger partial charge on any atom is 0.422 e. The number of alkyl halides is 3. The molecule has 272 valence electrons. The number of fused-ring (bicyclic) bond motifs is 1. The molecule has 51 heavy (non-hydrogen) atoms. The smallest absolute Gasteiger partial charge is 0.422 e. The van der Waals surface area contributed by atoms with Gasteiger partial charge in [-0.1, -0.05) is 12.1 Å². The summed E-state index contributed by atoms with van der Waals surface area (Å²) in [6.45, 7) is 4.98. The first-order valence-electron chi connectivity index (χ1n) is 15.7. The zero-order valence-electron chi connectivity index (χ0n) is 28.4. The highest BCUT2D eigenvalue weighted by molar-refractivity contribution is 7.86. The van der Waals surface area contributed by atoms with Gasteiger partial charge >= 0.3 is 6.18 Å². The number of nitrogens with zero attached hydrogens (tertiary/aromatic N) is 6. The number of ether oxygens (including phenoxy) is 2. The van der Waals surface area contributed by atoms with Crippen LogP contribution in [0.1, 0.15) is 27.4 Å². The Bertz CT molecular complexity index is 2110. The van der Waals surface area contributed by atoms with Gasteiger partial charge in [-0.15, -0.1) is 0 Å². The van der Waals surface area contributed by atoms with Gasteiger partial charge in [0.05, 0.1) is 28.8 Å². The number of hydrogen-bond donors (Lipinski definition) is 2. The first kappa shape index (κ1) is 37.1. The van der Waals surface area contributed by atoms with Crippen LogP contribution >= 0.6 is 0 Å². The molecule has 0 aliphatic carbocycles. The van der Waals surface area contributed by atoms with E-state index in [1.165, 1.54) is 17.8 Å². The van der Waals surface area contributed by atoms with E-state index in [9.17, 15) is 26.4 Å². The molecular formula is C34H38F3N7O6S. The number of carbonyl (C=O) groups is 1. The normalized spacial score (nSPS) is 13.9. The van der Waals surface area contributed by atoms with Gasteiger partial charge in [0.25, 0.3) is 16.0 Å². The van der Waals surface area contributed by atoms with E-state index in [1.54, 1.807) is 50.4 Å². The summed E-state index contributed by atoms with van der Waals surface area (Å²) in [5, 5.41) is 4.78. The van der Waals surface area contributed by atoms with Gasteiger partial charge in [0.15, 0.2) is 6.61 Å². The van der Waals surface area contributed by atoms with Crippen molar-refractivity contribution < 1.29 is 40.4 Å². The molecule has 6 rings (SSSR count). The molecule has 2 aromatic carbocycles. The quantitative estimate of drug-likeness (QED) is 0.205. The molecule has 0 unspecified atom stereocenters. The number of aryl methyl sites for hydroxylation is 3. The van der Waals surface area contributed by atoms with E-state index < -0.39 is 22.9 Å². The van der Waals surface area contributed by atoms with E-state index >= 15 is 0 Å². The lowest BCUT2D eigenvalue weighted by atomic mass is 10.2. The van der Waals surface area contributed by atoms with Crippen molar-refractivity contribution >= 4 is 32.6 Å². The molecule has 3 aromatic heterocycles. The van der Waals surface area contributed by atoms with Crippen LogP contribution in [0.15, 0.2) is 71.8 Å². The molecule has 1 aliphatic heterocycles. The highest BCUT2D eigenvalue weighted by Crippen LogP contribution is 2.28. The fraction of sp³-hybridized carbons (Fsp3) is 0.324. The van der Waals surface area contributed by atoms with E-state index in [1.807, 2.05) is 40.8 Å². The fourth-order valence-electron chi connectivity index (χ4n) is 5.66. The molecule has 0 spiro atoms. The molecule has 17 heteroatoms. The van der Waals surface area contributed by atoms with Crippen LogP contribution in [-0.4, -0.2) is 87.0 Å². The Balaban J connectivity index is 0.000000357. The van der Waals surface area contributed by atoms with Gasteiger partial charge < -0.3 is 24.7 Å². The molecule has 4 heterocycles. The van der Waals surface area contributed by atoms with Gasteiger partial charge in [-0.25, -0.2) is 4.98 Å². The molecule has 0 saturated carbocycles. The predicted octanol–water partition coefficient (Wildman–Crippen LogP) is 5.13. The van der Waals surface area contributed by atoms with Crippen LogP contribution in [-0.2, 0) is 30.8 Å². The minimum absolute atomic E-state index is 0.0396. The van der Waals surface area contributed by atoms with Gasteiger partial charge in [-0.05, 0) is 55.8 Å². The number of aromatic nitrogens is 4. The molecule has 0 bridgehead atoms. The number of rotatable bonds is 8. The Kier molecular flexibility index (Phi) is 10.9. The summed E-state index contributed by atoms with van der Waals surface area (Å²) in [7, 11) is -0.644. The Hall–Kier alpha value is -5.13. The minimum atomic E-state index is -4.37. The fourth-order valence-corrected chi connectivity index (χ4v) is 6.58. The van der Waals surface area contributed by atoms with Crippen molar-refractivity contribution in [3.63, 3.8) is 0 Å². The number of nitrogen functional groups attached to an aromatic ring is 1. The Morgan fingerprint density at radius 3 is 2.18 bits per heavy atom. The van der Waals surface area contributed by atoms with Crippen LogP contribution < -0.4 is 15.2 Å². The van der Waals surface area contributed by atoms with Crippen molar-refractivity contribution in [2.45, 2.75) is 31.5 Å². The average Bonchev–Trinajstić information content (AvgIpc) is 3.54. The van der Waals surface area contributed by atoms with Gasteiger partial charge in [0.2, 0.25) is 5.88 Å². The molecule has 1 aliphatic rings. The summed E-state index contributed by atoms with van der Waals surface area (Å²) in [6.07, 6.45) is -2.84. The average molecular weight is 730 g/mol. The van der Waals surface area contributed by atoms with Crippen LogP contribution in [0, 0.1) is 13.8 Å². The van der Waals surface area contributed by atoms with Crippen molar-refractivity contribution in [1.29, 1.82) is 0 Å². The summed E-state index contributed by atoms with van der Waals surface area (Å²) in [6, 6.07) is 17.5. The number of amides is 1. The Labute approximate surface area is 292 Å². The summed E-state index contributed by atoms with van der Waals surface area (Å²) in [5.74, 6) is 1.18. The maximum atomic E-state index is 13.4. The molecule has 0 radical (unpaired) electrons. The van der Waals surface area contributed by atoms with E-state index in [4.69, 9.17) is 19.8 Å². The number of carbonyl (C=O) groups excluding carboxylic acids is 1. The number of anilines is 1. The van der Waals surface area contributed by atoms with Crippen LogP contribution in [0.3, 0.4) is 0 Å². The zero-order valence-corrected chi connectivity index (χ0v) is 29.2. The van der Waals surface area contributed by atoms with Crippen molar-refractivity contribution in [3.05, 3.63) is 89.5 Å². The lowest BCUT2D eigenvalue weighted by Gasteiger charge is -2.34. The van der Waals surface area contributed by atoms with Crippen LogP contribution in [0.4, 0.5) is 18.9 Å². The number of pyridine rings is 1. The molecule has 1 saturated heterocycles. The Morgan fingerprint density at radius 2 is 1.63 bits per heavy atom. The van der Waals surface area contributed by atoms with Gasteiger partial charge in [0.1, 0.15) is 22.1 Å². The highest BCUT2D eigenvalue weighted by Gasteiger charge is 2.28. The number of piperazine rings is 1. The molecule has 13 nitrogen and oxygen atoms in total. The number of hydrogen-bond acceptors (Lipinski definition) is 9. The van der Waals surface area contributed by atoms with Crippen molar-refractivity contribution in [2.24, 2.45) is 14.1 Å². The highest BCUT2D eigenvalue weighted by atomic mass is 32.2. The van der Waals surface area contributed by atoms with Gasteiger partial charge in [0, 0.05) is 64.3 Å². The second kappa shape index (κ2) is 15.0. The molecule has 3 N–H and O–H groups in total. The first-order chi connectivity index (χ1) is 24.0. The largest absolute Gasteiger partial charge is 0.484 e. The molecular weight excluding hydrogens is 691 g/mol. The van der Waals surface area contributed by atoms with Gasteiger partial charge in [-0.3, -0.25) is 18.9 Å². The maximum absolute atomic E-state index is 13.4. The number of nitrogens with two attached hydrogens (primary N) is 1. The predicted molar refractivity (Wildman–Crippen MR) is 183 cm³/mol. The minimum Gasteiger partial charge on any atom is -0.484 e. The SMILES string of the molecule is Cc1nn(C)c(C)c1S(=O)(=O)O.Cn1c(C(=O)N2CCN(Cc3ccc(OCC(F)(F)F)cc3)CC2)cc2ccc(Oc3ccc(N)cn3)cc21. The second-order valence-corrected chi connectivity index (χ2v) is 13.4. The summed E-state index contributed by atoms with van der Waals surface area (Å²) in [4.78, 5) is 21.5. The van der Waals surface area contributed by atoms with Crippen LogP contribution in [0.2, 0.25) is 0 Å². The van der Waals surface area contributed by atoms with Crippen LogP contribution in [0.5, 0.6) is 17.4 Å².